The van der Waals surface area contributed by atoms with Gasteiger partial charge in [-0.15, -0.1) is 34.0 Å². The molecule has 73 heavy (non-hydrogen) atoms. The lowest BCUT2D eigenvalue weighted by Crippen LogP contribution is -2.14. The Balaban J connectivity index is 1.13. The first-order valence-corrected chi connectivity index (χ1v) is 28.0. The second-order valence-electron chi connectivity index (χ2n) is 18.2. The van der Waals surface area contributed by atoms with Crippen molar-refractivity contribution in [2.75, 3.05) is 45.5 Å². The minimum absolute atomic E-state index is 0.315. The van der Waals surface area contributed by atoms with Crippen molar-refractivity contribution in [3.05, 3.63) is 108 Å². The van der Waals surface area contributed by atoms with Crippen LogP contribution in [0, 0.1) is 11.3 Å². The molecule has 0 aliphatic carbocycles. The molecule has 0 bridgehead atoms. The number of ether oxygens (including phenoxy) is 6. The lowest BCUT2D eigenvalue weighted by Gasteiger charge is -2.26. The van der Waals surface area contributed by atoms with E-state index in [0.717, 1.165) is 123 Å². The first-order chi connectivity index (χ1) is 35.8. The summed E-state index contributed by atoms with van der Waals surface area (Å²) < 4.78 is 39.3. The maximum absolute atomic E-state index is 12.1. The molecular weight excluding hydrogens is 973 g/mol. The van der Waals surface area contributed by atoms with E-state index in [4.69, 9.17) is 28.4 Å². The molecule has 0 amide bonds. The van der Waals surface area contributed by atoms with E-state index in [1.54, 1.807) is 36.9 Å². The van der Waals surface area contributed by atoms with Crippen LogP contribution in [-0.2, 0) is 4.79 Å². The number of hydrogen-bond acceptors (Lipinski definition) is 12. The molecule has 1 aliphatic heterocycles. The van der Waals surface area contributed by atoms with Crippen LogP contribution in [0.5, 0.6) is 34.5 Å². The van der Waals surface area contributed by atoms with Crippen molar-refractivity contribution in [3.8, 4) is 60.8 Å². The highest BCUT2D eigenvalue weighted by atomic mass is 32.1. The molecule has 378 valence electrons. The molecule has 4 heterocycles. The number of benzene rings is 5. The van der Waals surface area contributed by atoms with Crippen LogP contribution in [0.15, 0.2) is 103 Å². The van der Waals surface area contributed by atoms with Gasteiger partial charge in [-0.25, -0.2) is 4.79 Å². The third kappa shape index (κ3) is 11.6. The minimum atomic E-state index is -1.26. The molecule has 0 spiro atoms. The van der Waals surface area contributed by atoms with Gasteiger partial charge in [0.2, 0.25) is 0 Å². The Hall–Kier alpha value is -6.72. The Kier molecular flexibility index (Phi) is 17.1. The number of carboxylic acids is 1. The molecular formula is C60H62N2O8S3. The first kappa shape index (κ1) is 51.2. The Labute approximate surface area is 439 Å². The van der Waals surface area contributed by atoms with Crippen LogP contribution >= 0.6 is 34.0 Å². The van der Waals surface area contributed by atoms with Gasteiger partial charge in [0.25, 0.3) is 0 Å². The van der Waals surface area contributed by atoms with Gasteiger partial charge in [-0.2, -0.15) is 5.26 Å². The fourth-order valence-corrected chi connectivity index (χ4v) is 13.1. The second-order valence-corrected chi connectivity index (χ2v) is 21.3. The van der Waals surface area contributed by atoms with Crippen molar-refractivity contribution in [3.63, 3.8) is 0 Å². The molecule has 8 aromatic rings. The molecule has 1 N–H and O–H groups in total. The summed E-state index contributed by atoms with van der Waals surface area (Å²) in [5.41, 5.74) is 3.62. The molecule has 0 radical (unpaired) electrons. The molecule has 5 aromatic carbocycles. The standard InChI is InChI=1S/C60H62N2O8S3/c1-5-7-9-11-13-15-29-67-51-35-47-48(36-52(51)68-30-16-14-12-10-8-6-2)50-37-53(72-58(50)57-49(47)34-46(71-57)33-40(38-61)60(63)64)59-55-54(69-31-32-70-55)56(73-59)39-17-19-41(20-18-39)62(42-21-25-44(65-3)26-22-42)43-23-27-45(66-4)28-24-43/h17-28,33-37H,5-16,29-32H2,1-4H3,(H,63,64)/b40-33-. The van der Waals surface area contributed by atoms with E-state index < -0.39 is 5.97 Å². The maximum atomic E-state index is 12.1. The summed E-state index contributed by atoms with van der Waals surface area (Å²) in [7, 11) is 3.34. The molecule has 0 fully saturated rings. The monoisotopic (exact) mass is 1030 g/mol. The van der Waals surface area contributed by atoms with Crippen molar-refractivity contribution >= 4 is 94.1 Å². The van der Waals surface area contributed by atoms with Gasteiger partial charge in [-0.1, -0.05) is 90.2 Å². The number of aliphatic carboxylic acids is 1. The lowest BCUT2D eigenvalue weighted by molar-refractivity contribution is -0.132. The largest absolute Gasteiger partial charge is 0.497 e. The van der Waals surface area contributed by atoms with Crippen LogP contribution in [0.1, 0.15) is 95.8 Å². The molecule has 9 rings (SSSR count). The zero-order valence-electron chi connectivity index (χ0n) is 42.1. The molecule has 3 aromatic heterocycles. The second kappa shape index (κ2) is 24.3. The van der Waals surface area contributed by atoms with Crippen LogP contribution in [-0.4, -0.2) is 51.7 Å². The molecule has 0 unspecified atom stereocenters. The summed E-state index contributed by atoms with van der Waals surface area (Å²) in [5, 5.41) is 23.6. The van der Waals surface area contributed by atoms with E-state index in [2.05, 4.69) is 61.2 Å². The van der Waals surface area contributed by atoms with Gasteiger partial charge in [0, 0.05) is 37.6 Å². The van der Waals surface area contributed by atoms with Gasteiger partial charge in [-0.05, 0) is 120 Å². The maximum Gasteiger partial charge on any atom is 0.346 e. The Morgan fingerprint density at radius 3 is 1.60 bits per heavy atom. The summed E-state index contributed by atoms with van der Waals surface area (Å²) >= 11 is 4.82. The van der Waals surface area contributed by atoms with Crippen LogP contribution in [0.2, 0.25) is 0 Å². The number of hydrogen-bond donors (Lipinski definition) is 1. The van der Waals surface area contributed by atoms with Gasteiger partial charge in [0.1, 0.15) is 36.4 Å². The van der Waals surface area contributed by atoms with E-state index in [1.165, 1.54) is 68.8 Å². The summed E-state index contributed by atoms with van der Waals surface area (Å²) in [6.45, 7) is 6.51. The van der Waals surface area contributed by atoms with Crippen LogP contribution in [0.3, 0.4) is 0 Å². The molecule has 0 atom stereocenters. The number of thiophene rings is 3. The average Bonchev–Trinajstić information content (AvgIpc) is 4.17. The number of carboxylic acid groups (broad SMARTS) is 1. The Bertz CT molecular complexity index is 3190. The van der Waals surface area contributed by atoms with Crippen LogP contribution in [0.4, 0.5) is 17.1 Å². The number of nitriles is 1. The SMILES string of the molecule is CCCCCCCCOc1cc2c(cc1OCCCCCCCC)c1cc(-c3sc(-c4ccc(N(c5ccc(OC)cc5)c5ccc(OC)cc5)cc4)c4c3OCCO4)sc1c1sc(/C=C(/C#N)C(=O)O)cc21. The van der Waals surface area contributed by atoms with E-state index in [-0.39, 0.29) is 5.57 Å². The van der Waals surface area contributed by atoms with E-state index in [0.29, 0.717) is 37.1 Å². The van der Waals surface area contributed by atoms with E-state index >= 15 is 0 Å². The smallest absolute Gasteiger partial charge is 0.346 e. The van der Waals surface area contributed by atoms with Crippen molar-refractivity contribution in [2.24, 2.45) is 0 Å². The molecule has 1 aliphatic rings. The highest BCUT2D eigenvalue weighted by Crippen LogP contribution is 2.57. The molecule has 0 saturated heterocycles. The quantitative estimate of drug-likeness (QED) is 0.0337. The average molecular weight is 1040 g/mol. The van der Waals surface area contributed by atoms with Gasteiger partial charge in [-0.3, -0.25) is 0 Å². The number of rotatable bonds is 25. The predicted octanol–water partition coefficient (Wildman–Crippen LogP) is 17.4. The van der Waals surface area contributed by atoms with Crippen molar-refractivity contribution in [1.29, 1.82) is 5.26 Å². The summed E-state index contributed by atoms with van der Waals surface area (Å²) in [5.74, 6) is 3.19. The van der Waals surface area contributed by atoms with Gasteiger partial charge in [0.05, 0.1) is 46.6 Å². The summed E-state index contributed by atoms with van der Waals surface area (Å²) in [6.07, 6.45) is 15.4. The Morgan fingerprint density at radius 1 is 0.616 bits per heavy atom. The number of methoxy groups -OCH3 is 2. The fraction of sp³-hybridized carbons (Fsp3) is 0.333. The highest BCUT2D eigenvalue weighted by Gasteiger charge is 2.29. The van der Waals surface area contributed by atoms with Gasteiger partial charge < -0.3 is 38.4 Å². The third-order valence-corrected chi connectivity index (χ3v) is 16.9. The first-order valence-electron chi connectivity index (χ1n) is 25.5. The normalized spacial score (nSPS) is 12.3. The number of carbonyl (C=O) groups is 1. The molecule has 10 nitrogen and oxygen atoms in total. The zero-order chi connectivity index (χ0) is 50.7. The number of unbranched alkanes of at least 4 members (excludes halogenated alkanes) is 10. The number of anilines is 3. The van der Waals surface area contributed by atoms with Crippen molar-refractivity contribution in [2.45, 2.75) is 90.9 Å². The fourth-order valence-electron chi connectivity index (χ4n) is 9.34. The molecule has 0 saturated carbocycles. The number of nitrogens with zero attached hydrogens (tertiary/aromatic N) is 2. The minimum Gasteiger partial charge on any atom is -0.497 e. The van der Waals surface area contributed by atoms with Crippen LogP contribution in [0.25, 0.3) is 57.2 Å². The predicted molar refractivity (Wildman–Crippen MR) is 301 cm³/mol. The number of fused-ring (bicyclic) bond motifs is 7. The van der Waals surface area contributed by atoms with Crippen LogP contribution < -0.4 is 33.3 Å². The zero-order valence-corrected chi connectivity index (χ0v) is 44.5. The Morgan fingerprint density at radius 2 is 1.10 bits per heavy atom. The lowest BCUT2D eigenvalue weighted by atomic mass is 10.0. The summed E-state index contributed by atoms with van der Waals surface area (Å²) in [6, 6.07) is 35.0. The van der Waals surface area contributed by atoms with E-state index in [9.17, 15) is 15.2 Å². The van der Waals surface area contributed by atoms with Gasteiger partial charge >= 0.3 is 5.97 Å². The van der Waals surface area contributed by atoms with Gasteiger partial charge in [0.15, 0.2) is 23.0 Å². The summed E-state index contributed by atoms with van der Waals surface area (Å²) in [4.78, 5) is 17.9. The third-order valence-electron chi connectivity index (χ3n) is 13.2. The van der Waals surface area contributed by atoms with E-state index in [1.807, 2.05) is 60.7 Å². The van der Waals surface area contributed by atoms with Crippen molar-refractivity contribution in [1.82, 2.24) is 0 Å². The molecule has 13 heteroatoms. The van der Waals surface area contributed by atoms with Crippen molar-refractivity contribution < 1.29 is 38.3 Å². The highest BCUT2D eigenvalue weighted by molar-refractivity contribution is 7.31. The topological polar surface area (TPSA) is 120 Å².